The van der Waals surface area contributed by atoms with E-state index in [-0.39, 0.29) is 18.3 Å². The van der Waals surface area contributed by atoms with E-state index >= 15 is 0 Å². The second-order valence-corrected chi connectivity index (χ2v) is 4.48. The summed E-state index contributed by atoms with van der Waals surface area (Å²) in [4.78, 5) is 21.5. The van der Waals surface area contributed by atoms with Crippen LogP contribution in [-0.4, -0.2) is 47.2 Å². The fourth-order valence-corrected chi connectivity index (χ4v) is 1.56. The minimum atomic E-state index is -0.967. The van der Waals surface area contributed by atoms with Crippen molar-refractivity contribution in [1.29, 1.82) is 5.41 Å². The monoisotopic (exact) mass is 274 g/mol. The molecule has 7 N–H and O–H groups in total. The number of carboxylic acid groups (broad SMARTS) is 2. The van der Waals surface area contributed by atoms with E-state index in [4.69, 9.17) is 21.4 Å². The smallest absolute Gasteiger partial charge is 0.320 e. The fraction of sp³-hybridized carbons (Fsp3) is 0.727. The standard InChI is InChI=1S/C11H22N4O4/c1-7(5-9(16)17)6-15-8(10(18)19)3-2-4-14-11(12)13/h7-8,15H,2-6H2,1H3,(H,16,17)(H,18,19)(H4,12,13,14)/t7?,8-/m0/s1. The molecule has 1 unspecified atom stereocenters. The molecular weight excluding hydrogens is 252 g/mol. The SMILES string of the molecule is CC(CN[C@@H](CCCNC(=N)N)C(=O)O)CC(=O)O. The van der Waals surface area contributed by atoms with Crippen LogP contribution in [0.2, 0.25) is 0 Å². The molecule has 0 spiro atoms. The Morgan fingerprint density at radius 1 is 1.37 bits per heavy atom. The van der Waals surface area contributed by atoms with E-state index < -0.39 is 18.0 Å². The summed E-state index contributed by atoms with van der Waals surface area (Å²) in [5.74, 6) is -2.14. The normalized spacial score (nSPS) is 13.5. The van der Waals surface area contributed by atoms with E-state index in [1.807, 2.05) is 0 Å². The van der Waals surface area contributed by atoms with Gasteiger partial charge in [-0.3, -0.25) is 15.0 Å². The lowest BCUT2D eigenvalue weighted by atomic mass is 10.1. The van der Waals surface area contributed by atoms with E-state index in [2.05, 4.69) is 10.6 Å². The molecule has 0 amide bonds. The van der Waals surface area contributed by atoms with E-state index in [1.165, 1.54) is 0 Å². The van der Waals surface area contributed by atoms with Crippen LogP contribution in [0, 0.1) is 11.3 Å². The van der Waals surface area contributed by atoms with Crippen LogP contribution in [-0.2, 0) is 9.59 Å². The first-order chi connectivity index (χ1) is 8.82. The van der Waals surface area contributed by atoms with E-state index in [0.29, 0.717) is 25.9 Å². The van der Waals surface area contributed by atoms with Gasteiger partial charge in [0.1, 0.15) is 6.04 Å². The molecule has 0 saturated heterocycles. The second-order valence-electron chi connectivity index (χ2n) is 4.48. The Hall–Kier alpha value is -1.83. The maximum atomic E-state index is 11.0. The van der Waals surface area contributed by atoms with Gasteiger partial charge in [0.25, 0.3) is 0 Å². The van der Waals surface area contributed by atoms with Crippen LogP contribution >= 0.6 is 0 Å². The summed E-state index contributed by atoms with van der Waals surface area (Å²) in [5.41, 5.74) is 5.10. The van der Waals surface area contributed by atoms with Gasteiger partial charge in [-0.15, -0.1) is 0 Å². The highest BCUT2D eigenvalue weighted by Crippen LogP contribution is 2.03. The summed E-state index contributed by atoms with van der Waals surface area (Å²) in [6.07, 6.45) is 0.942. The minimum absolute atomic E-state index is 0.00519. The van der Waals surface area contributed by atoms with Crippen molar-refractivity contribution in [3.05, 3.63) is 0 Å². The number of aliphatic carboxylic acids is 2. The third-order valence-electron chi connectivity index (χ3n) is 2.52. The molecule has 0 saturated carbocycles. The van der Waals surface area contributed by atoms with Crippen molar-refractivity contribution < 1.29 is 19.8 Å². The maximum Gasteiger partial charge on any atom is 0.320 e. The number of carboxylic acids is 2. The molecule has 0 heterocycles. The van der Waals surface area contributed by atoms with Crippen LogP contribution in [0.15, 0.2) is 0 Å². The van der Waals surface area contributed by atoms with Gasteiger partial charge in [0, 0.05) is 13.0 Å². The quantitative estimate of drug-likeness (QED) is 0.177. The molecule has 0 bridgehead atoms. The first-order valence-electron chi connectivity index (χ1n) is 6.08. The maximum absolute atomic E-state index is 11.0. The number of carbonyl (C=O) groups is 2. The lowest BCUT2D eigenvalue weighted by Gasteiger charge is -2.17. The Bertz CT molecular complexity index is 322. The molecule has 0 fully saturated rings. The molecule has 0 rings (SSSR count). The van der Waals surface area contributed by atoms with Crippen molar-refractivity contribution in [3.63, 3.8) is 0 Å². The van der Waals surface area contributed by atoms with Crippen molar-refractivity contribution in [2.75, 3.05) is 13.1 Å². The minimum Gasteiger partial charge on any atom is -0.481 e. The molecule has 0 aromatic rings. The van der Waals surface area contributed by atoms with E-state index in [0.717, 1.165) is 0 Å². The van der Waals surface area contributed by atoms with Crippen molar-refractivity contribution in [2.24, 2.45) is 11.7 Å². The Morgan fingerprint density at radius 3 is 2.47 bits per heavy atom. The lowest BCUT2D eigenvalue weighted by molar-refractivity contribution is -0.139. The number of hydrogen-bond acceptors (Lipinski definition) is 4. The third-order valence-corrected chi connectivity index (χ3v) is 2.52. The van der Waals surface area contributed by atoms with Crippen molar-refractivity contribution >= 4 is 17.9 Å². The lowest BCUT2D eigenvalue weighted by Crippen LogP contribution is -2.40. The highest BCUT2D eigenvalue weighted by atomic mass is 16.4. The van der Waals surface area contributed by atoms with Gasteiger partial charge in [0.2, 0.25) is 0 Å². The third kappa shape index (κ3) is 9.83. The summed E-state index contributed by atoms with van der Waals surface area (Å²) < 4.78 is 0. The van der Waals surface area contributed by atoms with Gasteiger partial charge in [0.15, 0.2) is 5.96 Å². The summed E-state index contributed by atoms with van der Waals surface area (Å²) in [6.45, 7) is 2.52. The summed E-state index contributed by atoms with van der Waals surface area (Å²) in [6, 6.07) is -0.718. The summed E-state index contributed by atoms with van der Waals surface area (Å²) >= 11 is 0. The van der Waals surface area contributed by atoms with Gasteiger partial charge < -0.3 is 26.6 Å². The topological polar surface area (TPSA) is 149 Å². The molecule has 2 atom stereocenters. The number of nitrogens with two attached hydrogens (primary N) is 1. The summed E-state index contributed by atoms with van der Waals surface area (Å²) in [7, 11) is 0. The van der Waals surface area contributed by atoms with Crippen molar-refractivity contribution in [1.82, 2.24) is 10.6 Å². The van der Waals surface area contributed by atoms with Crippen molar-refractivity contribution in [3.8, 4) is 0 Å². The molecule has 0 aliphatic carbocycles. The largest absolute Gasteiger partial charge is 0.481 e. The van der Waals surface area contributed by atoms with Gasteiger partial charge in [0.05, 0.1) is 0 Å². The van der Waals surface area contributed by atoms with Crippen LogP contribution in [0.25, 0.3) is 0 Å². The molecule has 110 valence electrons. The Balaban J connectivity index is 3.95. The first-order valence-corrected chi connectivity index (χ1v) is 6.08. The number of guanidine groups is 1. The van der Waals surface area contributed by atoms with E-state index in [1.54, 1.807) is 6.92 Å². The van der Waals surface area contributed by atoms with Crippen molar-refractivity contribution in [2.45, 2.75) is 32.2 Å². The number of rotatable bonds is 10. The molecule has 19 heavy (non-hydrogen) atoms. The molecule has 8 nitrogen and oxygen atoms in total. The Morgan fingerprint density at radius 2 is 2.00 bits per heavy atom. The highest BCUT2D eigenvalue weighted by Gasteiger charge is 2.18. The zero-order valence-corrected chi connectivity index (χ0v) is 11.0. The zero-order valence-electron chi connectivity index (χ0n) is 11.0. The molecule has 0 radical (unpaired) electrons. The van der Waals surface area contributed by atoms with Gasteiger partial charge >= 0.3 is 11.9 Å². The van der Waals surface area contributed by atoms with Crippen LogP contribution in [0.5, 0.6) is 0 Å². The highest BCUT2D eigenvalue weighted by molar-refractivity contribution is 5.74. The first kappa shape index (κ1) is 17.2. The molecule has 0 aromatic carbocycles. The fourth-order valence-electron chi connectivity index (χ4n) is 1.56. The second kappa shape index (κ2) is 9.15. The molecule has 8 heteroatoms. The number of nitrogens with one attached hydrogen (secondary N) is 3. The van der Waals surface area contributed by atoms with Gasteiger partial charge in [-0.2, -0.15) is 0 Å². The van der Waals surface area contributed by atoms with E-state index in [9.17, 15) is 9.59 Å². The summed E-state index contributed by atoms with van der Waals surface area (Å²) in [5, 5.41) is 30.0. The zero-order chi connectivity index (χ0) is 14.8. The Labute approximate surface area is 111 Å². The molecule has 0 aromatic heterocycles. The van der Waals surface area contributed by atoms with Crippen LogP contribution < -0.4 is 16.4 Å². The average Bonchev–Trinajstić information content (AvgIpc) is 2.25. The molecule has 0 aliphatic heterocycles. The predicted octanol–water partition coefficient (Wildman–Crippen LogP) is -0.597. The Kier molecular flexibility index (Phi) is 8.27. The van der Waals surface area contributed by atoms with Crippen LogP contribution in [0.3, 0.4) is 0 Å². The van der Waals surface area contributed by atoms with Crippen LogP contribution in [0.1, 0.15) is 26.2 Å². The average molecular weight is 274 g/mol. The van der Waals surface area contributed by atoms with Crippen LogP contribution in [0.4, 0.5) is 0 Å². The van der Waals surface area contributed by atoms with Gasteiger partial charge in [-0.1, -0.05) is 6.92 Å². The van der Waals surface area contributed by atoms with Gasteiger partial charge in [-0.05, 0) is 25.3 Å². The number of hydrogen-bond donors (Lipinski definition) is 6. The van der Waals surface area contributed by atoms with Gasteiger partial charge in [-0.25, -0.2) is 0 Å². The molecular formula is C11H22N4O4. The molecule has 0 aliphatic rings. The predicted molar refractivity (Wildman–Crippen MR) is 70.0 cm³/mol.